The van der Waals surface area contributed by atoms with Crippen LogP contribution in [0.15, 0.2) is 12.4 Å². The average Bonchev–Trinajstić information content (AvgIpc) is 2.65. The highest BCUT2D eigenvalue weighted by Gasteiger charge is 2.06. The van der Waals surface area contributed by atoms with Gasteiger partial charge in [0, 0.05) is 12.7 Å². The standard InChI is InChI=1S/C10H18N4O2/c1-3-4-14-6-9(5-11-14)13-10(16)12-8(2)7-15/h5-6,8,15H,3-4,7H2,1-2H3,(H2,12,13,16). The number of nitrogens with zero attached hydrogens (tertiary/aromatic N) is 2. The minimum absolute atomic E-state index is 0.0808. The van der Waals surface area contributed by atoms with E-state index in [0.29, 0.717) is 5.69 Å². The van der Waals surface area contributed by atoms with Crippen LogP contribution in [-0.2, 0) is 6.54 Å². The molecule has 0 aliphatic rings. The molecule has 0 saturated heterocycles. The summed E-state index contributed by atoms with van der Waals surface area (Å²) in [5.41, 5.74) is 0.649. The SMILES string of the molecule is CCCn1cc(NC(=O)NC(C)CO)cn1. The van der Waals surface area contributed by atoms with E-state index in [0.717, 1.165) is 13.0 Å². The molecule has 2 amide bonds. The Morgan fingerprint density at radius 2 is 2.44 bits per heavy atom. The third-order valence-corrected chi connectivity index (χ3v) is 2.00. The van der Waals surface area contributed by atoms with Gasteiger partial charge >= 0.3 is 6.03 Å². The molecule has 1 aromatic rings. The fraction of sp³-hybridized carbons (Fsp3) is 0.600. The first-order valence-corrected chi connectivity index (χ1v) is 5.36. The Morgan fingerprint density at radius 3 is 3.06 bits per heavy atom. The minimum atomic E-state index is -0.336. The van der Waals surface area contributed by atoms with Crippen LogP contribution >= 0.6 is 0 Å². The number of carbonyl (C=O) groups excluding carboxylic acids is 1. The molecule has 1 rings (SSSR count). The summed E-state index contributed by atoms with van der Waals surface area (Å²) < 4.78 is 1.77. The van der Waals surface area contributed by atoms with Crippen molar-refractivity contribution in [2.75, 3.05) is 11.9 Å². The van der Waals surface area contributed by atoms with Crippen LogP contribution in [0.1, 0.15) is 20.3 Å². The van der Waals surface area contributed by atoms with E-state index in [4.69, 9.17) is 5.11 Å². The van der Waals surface area contributed by atoms with Crippen LogP contribution in [-0.4, -0.2) is 33.6 Å². The number of hydrogen-bond donors (Lipinski definition) is 3. The maximum atomic E-state index is 11.4. The van der Waals surface area contributed by atoms with Gasteiger partial charge in [0.2, 0.25) is 0 Å². The second-order valence-corrected chi connectivity index (χ2v) is 3.67. The van der Waals surface area contributed by atoms with Crippen LogP contribution in [0.5, 0.6) is 0 Å². The van der Waals surface area contributed by atoms with Crippen molar-refractivity contribution in [2.45, 2.75) is 32.9 Å². The van der Waals surface area contributed by atoms with E-state index in [1.165, 1.54) is 0 Å². The maximum absolute atomic E-state index is 11.4. The van der Waals surface area contributed by atoms with Gasteiger partial charge in [0.05, 0.1) is 24.5 Å². The molecule has 0 fully saturated rings. The Morgan fingerprint density at radius 1 is 1.69 bits per heavy atom. The van der Waals surface area contributed by atoms with Crippen LogP contribution in [0.4, 0.5) is 10.5 Å². The van der Waals surface area contributed by atoms with Crippen LogP contribution in [0, 0.1) is 0 Å². The van der Waals surface area contributed by atoms with Gasteiger partial charge in [0.15, 0.2) is 0 Å². The Hall–Kier alpha value is -1.56. The van der Waals surface area contributed by atoms with Gasteiger partial charge in [-0.3, -0.25) is 4.68 Å². The molecule has 1 unspecified atom stereocenters. The Balaban J connectivity index is 2.43. The number of urea groups is 1. The molecule has 0 radical (unpaired) electrons. The van der Waals surface area contributed by atoms with Crippen molar-refractivity contribution in [3.8, 4) is 0 Å². The zero-order chi connectivity index (χ0) is 12.0. The molecule has 6 heteroatoms. The van der Waals surface area contributed by atoms with Crippen molar-refractivity contribution in [2.24, 2.45) is 0 Å². The molecule has 1 atom stereocenters. The fourth-order valence-electron chi connectivity index (χ4n) is 1.22. The number of anilines is 1. The first-order chi connectivity index (χ1) is 7.65. The maximum Gasteiger partial charge on any atom is 0.319 e. The van der Waals surface area contributed by atoms with Gasteiger partial charge in [-0.25, -0.2) is 4.79 Å². The van der Waals surface area contributed by atoms with E-state index in [1.54, 1.807) is 24.0 Å². The average molecular weight is 226 g/mol. The topological polar surface area (TPSA) is 79.2 Å². The van der Waals surface area contributed by atoms with E-state index in [2.05, 4.69) is 22.7 Å². The highest BCUT2D eigenvalue weighted by molar-refractivity contribution is 5.89. The van der Waals surface area contributed by atoms with E-state index >= 15 is 0 Å². The summed E-state index contributed by atoms with van der Waals surface area (Å²) in [5, 5.41) is 18.1. The number of aromatic nitrogens is 2. The molecule has 6 nitrogen and oxygen atoms in total. The van der Waals surface area contributed by atoms with Crippen molar-refractivity contribution in [1.82, 2.24) is 15.1 Å². The number of aryl methyl sites for hydroxylation is 1. The third-order valence-electron chi connectivity index (χ3n) is 2.00. The van der Waals surface area contributed by atoms with Crippen molar-refractivity contribution in [1.29, 1.82) is 0 Å². The molecule has 0 bridgehead atoms. The second-order valence-electron chi connectivity index (χ2n) is 3.67. The zero-order valence-electron chi connectivity index (χ0n) is 9.60. The largest absolute Gasteiger partial charge is 0.394 e. The predicted octanol–water partition coefficient (Wildman–Crippen LogP) is 0.795. The van der Waals surface area contributed by atoms with Gasteiger partial charge < -0.3 is 15.7 Å². The minimum Gasteiger partial charge on any atom is -0.394 e. The van der Waals surface area contributed by atoms with Gasteiger partial charge in [-0.05, 0) is 13.3 Å². The van der Waals surface area contributed by atoms with Crippen molar-refractivity contribution in [3.63, 3.8) is 0 Å². The molecule has 1 heterocycles. The first kappa shape index (κ1) is 12.5. The summed E-state index contributed by atoms with van der Waals surface area (Å²) >= 11 is 0. The summed E-state index contributed by atoms with van der Waals surface area (Å²) in [7, 11) is 0. The molecule has 0 aromatic carbocycles. The van der Waals surface area contributed by atoms with Crippen LogP contribution < -0.4 is 10.6 Å². The lowest BCUT2D eigenvalue weighted by molar-refractivity contribution is 0.229. The van der Waals surface area contributed by atoms with Crippen LogP contribution in [0.2, 0.25) is 0 Å². The lowest BCUT2D eigenvalue weighted by Crippen LogP contribution is -2.38. The number of aliphatic hydroxyl groups excluding tert-OH is 1. The molecular weight excluding hydrogens is 208 g/mol. The summed E-state index contributed by atoms with van der Waals surface area (Å²) in [5.74, 6) is 0. The number of aliphatic hydroxyl groups is 1. The number of nitrogens with one attached hydrogen (secondary N) is 2. The lowest BCUT2D eigenvalue weighted by atomic mass is 10.4. The Bertz CT molecular complexity index is 337. The van der Waals surface area contributed by atoms with Crippen molar-refractivity contribution in [3.05, 3.63) is 12.4 Å². The summed E-state index contributed by atoms with van der Waals surface area (Å²) in [4.78, 5) is 11.4. The molecule has 0 aliphatic carbocycles. The smallest absolute Gasteiger partial charge is 0.319 e. The van der Waals surface area contributed by atoms with Gasteiger partial charge in [-0.1, -0.05) is 6.92 Å². The summed E-state index contributed by atoms with van der Waals surface area (Å²) in [6, 6.07) is -0.594. The highest BCUT2D eigenvalue weighted by Crippen LogP contribution is 2.04. The molecule has 0 spiro atoms. The summed E-state index contributed by atoms with van der Waals surface area (Å²) in [6.07, 6.45) is 4.36. The second kappa shape index (κ2) is 6.12. The Labute approximate surface area is 94.6 Å². The fourth-order valence-corrected chi connectivity index (χ4v) is 1.22. The molecule has 3 N–H and O–H groups in total. The van der Waals surface area contributed by atoms with Gasteiger partial charge in [-0.15, -0.1) is 0 Å². The lowest BCUT2D eigenvalue weighted by Gasteiger charge is -2.10. The zero-order valence-corrected chi connectivity index (χ0v) is 9.60. The quantitative estimate of drug-likeness (QED) is 0.694. The van der Waals surface area contributed by atoms with E-state index < -0.39 is 0 Å². The molecule has 0 aliphatic heterocycles. The third kappa shape index (κ3) is 3.90. The van der Waals surface area contributed by atoms with Gasteiger partial charge in [-0.2, -0.15) is 5.10 Å². The van der Waals surface area contributed by atoms with E-state index in [-0.39, 0.29) is 18.7 Å². The normalized spacial score (nSPS) is 12.2. The molecule has 16 heavy (non-hydrogen) atoms. The van der Waals surface area contributed by atoms with Crippen LogP contribution in [0.25, 0.3) is 0 Å². The number of carbonyl (C=O) groups is 1. The summed E-state index contributed by atoms with van der Waals surface area (Å²) in [6.45, 7) is 4.53. The molecule has 0 saturated carbocycles. The van der Waals surface area contributed by atoms with Crippen LogP contribution in [0.3, 0.4) is 0 Å². The highest BCUT2D eigenvalue weighted by atomic mass is 16.3. The van der Waals surface area contributed by atoms with Gasteiger partial charge in [0.1, 0.15) is 0 Å². The number of rotatable bonds is 5. The van der Waals surface area contributed by atoms with Crippen molar-refractivity contribution >= 4 is 11.7 Å². The predicted molar refractivity (Wildman–Crippen MR) is 61.2 cm³/mol. The van der Waals surface area contributed by atoms with Gasteiger partial charge in [0.25, 0.3) is 0 Å². The number of hydrogen-bond acceptors (Lipinski definition) is 3. The number of amides is 2. The first-order valence-electron chi connectivity index (χ1n) is 5.36. The van der Waals surface area contributed by atoms with Crippen molar-refractivity contribution < 1.29 is 9.90 Å². The monoisotopic (exact) mass is 226 g/mol. The molecule has 1 aromatic heterocycles. The molecule has 90 valence electrons. The Kier molecular flexibility index (Phi) is 4.78. The molecular formula is C10H18N4O2. The van der Waals surface area contributed by atoms with E-state index in [9.17, 15) is 4.79 Å². The van der Waals surface area contributed by atoms with E-state index in [1.807, 2.05) is 0 Å².